The summed E-state index contributed by atoms with van der Waals surface area (Å²) in [5.74, 6) is 5.65. The predicted molar refractivity (Wildman–Crippen MR) is 38.3 cm³/mol. The number of carbonyl (C=O) groups is 2. The average molecular weight is 168 g/mol. The molecule has 0 aliphatic carbocycles. The van der Waals surface area contributed by atoms with Gasteiger partial charge in [0.25, 0.3) is 0 Å². The summed E-state index contributed by atoms with van der Waals surface area (Å²) in [6, 6.07) is 0. The molecule has 0 amide bonds. The molecule has 0 radical (unpaired) electrons. The first-order chi connectivity index (χ1) is 5.70. The Bertz CT molecular complexity index is 298. The summed E-state index contributed by atoms with van der Waals surface area (Å²) in [6.07, 6.45) is 0. The summed E-state index contributed by atoms with van der Waals surface area (Å²) in [7, 11) is 0. The third-order valence-corrected chi connectivity index (χ3v) is 0.670. The van der Waals surface area contributed by atoms with Gasteiger partial charge in [-0.15, -0.1) is 0 Å². The van der Waals surface area contributed by atoms with Gasteiger partial charge in [0.1, 0.15) is 0 Å². The molecule has 0 spiro atoms. The number of halogens is 1. The molecule has 0 N–H and O–H groups in total. The van der Waals surface area contributed by atoms with Gasteiger partial charge < -0.3 is 4.74 Å². The summed E-state index contributed by atoms with van der Waals surface area (Å²) in [5.41, 5.74) is 0. The summed E-state index contributed by atoms with van der Waals surface area (Å²) in [4.78, 5) is 20.9. The first kappa shape index (κ1) is 10.2. The lowest BCUT2D eigenvalue weighted by Crippen LogP contribution is -2.07. The zero-order chi connectivity index (χ0) is 9.40. The van der Waals surface area contributed by atoms with Gasteiger partial charge in [-0.1, -0.05) is 11.8 Å². The van der Waals surface area contributed by atoms with E-state index in [4.69, 9.17) is 0 Å². The van der Waals surface area contributed by atoms with Crippen LogP contribution in [-0.2, 0) is 14.3 Å². The maximum atomic E-state index is 11.3. The molecule has 0 fully saturated rings. The Kier molecular flexibility index (Phi) is 5.04. The van der Waals surface area contributed by atoms with E-state index in [0.717, 1.165) is 0 Å². The van der Waals surface area contributed by atoms with Crippen molar-refractivity contribution in [3.8, 4) is 23.7 Å². The predicted octanol–water partition coefficient (Wildman–Crippen LogP) is 0.0524. The van der Waals surface area contributed by atoms with E-state index in [1.165, 1.54) is 6.92 Å². The summed E-state index contributed by atoms with van der Waals surface area (Å²) in [6.45, 7) is 0.460. The number of hydrogen-bond donors (Lipinski definition) is 0. The van der Waals surface area contributed by atoms with Gasteiger partial charge >= 0.3 is 11.9 Å². The van der Waals surface area contributed by atoms with Crippen LogP contribution in [0.4, 0.5) is 4.39 Å². The van der Waals surface area contributed by atoms with Gasteiger partial charge in [-0.25, -0.2) is 14.0 Å². The van der Waals surface area contributed by atoms with Gasteiger partial charge in [0.05, 0.1) is 0 Å². The summed E-state index contributed by atoms with van der Waals surface area (Å²) >= 11 is 0. The van der Waals surface area contributed by atoms with Gasteiger partial charge in [0.15, 0.2) is 6.67 Å². The van der Waals surface area contributed by atoms with Crippen molar-refractivity contribution in [1.29, 1.82) is 0 Å². The minimum absolute atomic E-state index is 0.956. The maximum Gasteiger partial charge on any atom is 0.392 e. The fourth-order valence-corrected chi connectivity index (χ4v) is 0.343. The summed E-state index contributed by atoms with van der Waals surface area (Å²) in [5, 5.41) is 0. The largest absolute Gasteiger partial charge is 0.392 e. The molecule has 0 unspecified atom stereocenters. The molecule has 12 heavy (non-hydrogen) atoms. The standard InChI is InChI=1S/C8H5FO3/c1-2-4-7(10)12-8(11)5-3-6-9/h6H2,1H3. The monoisotopic (exact) mass is 168 g/mol. The molecule has 4 heteroatoms. The highest BCUT2D eigenvalue weighted by Gasteiger charge is 2.02. The Morgan fingerprint density at radius 3 is 2.42 bits per heavy atom. The van der Waals surface area contributed by atoms with E-state index in [1.54, 1.807) is 11.8 Å². The van der Waals surface area contributed by atoms with Crippen molar-refractivity contribution >= 4 is 11.9 Å². The number of rotatable bonds is 0. The fraction of sp³-hybridized carbons (Fsp3) is 0.250. The number of hydrogen-bond acceptors (Lipinski definition) is 3. The Labute approximate surface area is 68.9 Å². The SMILES string of the molecule is CC#CC(=O)OC(=O)C#CCF. The fourth-order valence-electron chi connectivity index (χ4n) is 0.343. The van der Waals surface area contributed by atoms with Gasteiger partial charge in [-0.2, -0.15) is 0 Å². The minimum Gasteiger partial charge on any atom is -0.373 e. The molecule has 0 aromatic carbocycles. The molecule has 0 saturated heterocycles. The third-order valence-electron chi connectivity index (χ3n) is 0.670. The van der Waals surface area contributed by atoms with Gasteiger partial charge in [-0.05, 0) is 6.92 Å². The average Bonchev–Trinajstić information content (AvgIpc) is 2.01. The molecular weight excluding hydrogens is 163 g/mol. The second kappa shape index (κ2) is 5.94. The molecule has 0 aliphatic heterocycles. The van der Waals surface area contributed by atoms with E-state index in [2.05, 4.69) is 10.7 Å². The van der Waals surface area contributed by atoms with Crippen molar-refractivity contribution in [2.75, 3.05) is 6.67 Å². The third kappa shape index (κ3) is 5.01. The molecule has 0 bridgehead atoms. The lowest BCUT2D eigenvalue weighted by atomic mass is 10.6. The van der Waals surface area contributed by atoms with E-state index in [0.29, 0.717) is 0 Å². The molecule has 3 nitrogen and oxygen atoms in total. The van der Waals surface area contributed by atoms with Crippen LogP contribution < -0.4 is 0 Å². The van der Waals surface area contributed by atoms with Crippen LogP contribution in [0.2, 0.25) is 0 Å². The van der Waals surface area contributed by atoms with E-state index in [-0.39, 0.29) is 0 Å². The highest BCUT2D eigenvalue weighted by Crippen LogP contribution is 1.77. The maximum absolute atomic E-state index is 11.3. The van der Waals surface area contributed by atoms with E-state index < -0.39 is 18.6 Å². The lowest BCUT2D eigenvalue weighted by Gasteiger charge is -1.87. The molecule has 0 atom stereocenters. The van der Waals surface area contributed by atoms with Crippen LogP contribution in [0.25, 0.3) is 0 Å². The van der Waals surface area contributed by atoms with Crippen LogP contribution >= 0.6 is 0 Å². The quantitative estimate of drug-likeness (QED) is 0.222. The summed E-state index contributed by atoms with van der Waals surface area (Å²) < 4.78 is 15.3. The lowest BCUT2D eigenvalue weighted by molar-refractivity contribution is -0.151. The van der Waals surface area contributed by atoms with Crippen molar-refractivity contribution in [2.24, 2.45) is 0 Å². The van der Waals surface area contributed by atoms with Crippen LogP contribution in [0.5, 0.6) is 0 Å². The van der Waals surface area contributed by atoms with Crippen molar-refractivity contribution in [1.82, 2.24) is 0 Å². The normalized spacial score (nSPS) is 6.83. The number of esters is 2. The number of carbonyl (C=O) groups excluding carboxylic acids is 2. The molecular formula is C8H5FO3. The second-order valence-electron chi connectivity index (χ2n) is 1.49. The first-order valence-electron chi connectivity index (χ1n) is 2.94. The van der Waals surface area contributed by atoms with E-state index >= 15 is 0 Å². The Morgan fingerprint density at radius 1 is 1.33 bits per heavy atom. The van der Waals surface area contributed by atoms with Crippen molar-refractivity contribution < 1.29 is 18.7 Å². The van der Waals surface area contributed by atoms with Gasteiger partial charge in [-0.3, -0.25) is 0 Å². The van der Waals surface area contributed by atoms with Gasteiger partial charge in [0.2, 0.25) is 0 Å². The highest BCUT2D eigenvalue weighted by molar-refractivity contribution is 6.02. The topological polar surface area (TPSA) is 43.4 Å². The zero-order valence-corrected chi connectivity index (χ0v) is 6.31. The first-order valence-corrected chi connectivity index (χ1v) is 2.94. The van der Waals surface area contributed by atoms with E-state index in [9.17, 15) is 14.0 Å². The second-order valence-corrected chi connectivity index (χ2v) is 1.49. The van der Waals surface area contributed by atoms with Gasteiger partial charge in [0, 0.05) is 11.8 Å². The zero-order valence-electron chi connectivity index (χ0n) is 6.31. The van der Waals surface area contributed by atoms with Crippen molar-refractivity contribution in [3.05, 3.63) is 0 Å². The van der Waals surface area contributed by atoms with Crippen LogP contribution in [0.1, 0.15) is 6.92 Å². The smallest absolute Gasteiger partial charge is 0.373 e. The van der Waals surface area contributed by atoms with Crippen LogP contribution in [0.15, 0.2) is 0 Å². The Morgan fingerprint density at radius 2 is 1.92 bits per heavy atom. The molecule has 0 saturated carbocycles. The highest BCUT2D eigenvalue weighted by atomic mass is 19.1. The Hall–Kier alpha value is -1.81. The molecule has 0 heterocycles. The Balaban J connectivity index is 3.99. The van der Waals surface area contributed by atoms with Crippen LogP contribution in [-0.4, -0.2) is 18.6 Å². The molecule has 62 valence electrons. The van der Waals surface area contributed by atoms with Crippen LogP contribution in [0, 0.1) is 23.7 Å². The van der Waals surface area contributed by atoms with Crippen LogP contribution in [0.3, 0.4) is 0 Å². The molecule has 0 rings (SSSR count). The van der Waals surface area contributed by atoms with E-state index in [1.807, 2.05) is 5.92 Å². The van der Waals surface area contributed by atoms with Crippen molar-refractivity contribution in [2.45, 2.75) is 6.92 Å². The van der Waals surface area contributed by atoms with Crippen molar-refractivity contribution in [3.63, 3.8) is 0 Å². The molecule has 0 aromatic rings. The minimum atomic E-state index is -1.10. The molecule has 0 aromatic heterocycles. The number of alkyl halides is 1. The molecule has 0 aliphatic rings. The number of ether oxygens (including phenoxy) is 1.